The van der Waals surface area contributed by atoms with Crippen molar-refractivity contribution in [1.29, 1.82) is 0 Å². The van der Waals surface area contributed by atoms with Gasteiger partial charge in [0.1, 0.15) is 0 Å². The van der Waals surface area contributed by atoms with Crippen LogP contribution in [-0.2, 0) is 0 Å². The quantitative estimate of drug-likeness (QED) is 0.639. The summed E-state index contributed by atoms with van der Waals surface area (Å²) < 4.78 is 0. The summed E-state index contributed by atoms with van der Waals surface area (Å²) in [6.45, 7) is 0. The van der Waals surface area contributed by atoms with E-state index in [0.717, 1.165) is 11.3 Å². The summed E-state index contributed by atoms with van der Waals surface area (Å²) in [4.78, 5) is 0. The van der Waals surface area contributed by atoms with Crippen LogP contribution in [0, 0.1) is 0 Å². The molecule has 0 amide bonds. The van der Waals surface area contributed by atoms with Gasteiger partial charge in [-0.25, -0.2) is 5.84 Å². The van der Waals surface area contributed by atoms with Crippen molar-refractivity contribution in [3.8, 4) is 11.3 Å². The number of benzene rings is 1. The lowest BCUT2D eigenvalue weighted by atomic mass is 10.1. The number of hydrogen-bond donors (Lipinski definition) is 1. The molecule has 0 unspecified atom stereocenters. The lowest BCUT2D eigenvalue weighted by Gasteiger charge is -2.13. The van der Waals surface area contributed by atoms with Crippen LogP contribution in [0.4, 0.5) is 5.69 Å². The third kappa shape index (κ3) is 2.13. The first-order valence-corrected chi connectivity index (χ1v) is 5.13. The Labute approximate surface area is 98.6 Å². The molecule has 2 N–H and O–H groups in total. The molecule has 16 heavy (non-hydrogen) atoms. The van der Waals surface area contributed by atoms with Crippen LogP contribution in [0.15, 0.2) is 36.4 Å². The zero-order valence-electron chi connectivity index (χ0n) is 8.76. The number of hydrazine groups is 1. The zero-order chi connectivity index (χ0) is 11.5. The number of rotatable bonds is 2. The molecular weight excluding hydrogens is 224 g/mol. The molecule has 0 saturated heterocycles. The first kappa shape index (κ1) is 10.9. The van der Waals surface area contributed by atoms with Crippen molar-refractivity contribution in [2.45, 2.75) is 0 Å². The first-order valence-electron chi connectivity index (χ1n) is 4.75. The van der Waals surface area contributed by atoms with Crippen molar-refractivity contribution in [1.82, 2.24) is 10.2 Å². The molecule has 82 valence electrons. The second-order valence-corrected chi connectivity index (χ2v) is 3.74. The predicted octanol–water partition coefficient (Wildman–Crippen LogP) is 2.11. The molecule has 0 saturated carbocycles. The highest BCUT2D eigenvalue weighted by atomic mass is 35.5. The van der Waals surface area contributed by atoms with E-state index in [1.165, 1.54) is 5.01 Å². The zero-order valence-corrected chi connectivity index (χ0v) is 9.52. The lowest BCUT2D eigenvalue weighted by Crippen LogP contribution is -2.25. The average molecular weight is 235 g/mol. The van der Waals surface area contributed by atoms with Gasteiger partial charge >= 0.3 is 0 Å². The van der Waals surface area contributed by atoms with Gasteiger partial charge < -0.3 is 5.01 Å². The highest BCUT2D eigenvalue weighted by Gasteiger charge is 2.08. The molecule has 1 heterocycles. The van der Waals surface area contributed by atoms with Crippen LogP contribution >= 0.6 is 11.6 Å². The van der Waals surface area contributed by atoms with E-state index in [2.05, 4.69) is 10.2 Å². The van der Waals surface area contributed by atoms with Gasteiger partial charge in [0.2, 0.25) is 0 Å². The monoisotopic (exact) mass is 234 g/mol. The molecule has 0 aliphatic heterocycles. The van der Waals surface area contributed by atoms with Crippen LogP contribution < -0.4 is 10.9 Å². The summed E-state index contributed by atoms with van der Waals surface area (Å²) in [6.07, 6.45) is 0. The third-order valence-electron chi connectivity index (χ3n) is 2.18. The molecule has 0 spiro atoms. The van der Waals surface area contributed by atoms with Gasteiger partial charge in [-0.15, -0.1) is 10.2 Å². The van der Waals surface area contributed by atoms with Crippen LogP contribution in [0.2, 0.25) is 5.15 Å². The highest BCUT2D eigenvalue weighted by Crippen LogP contribution is 2.25. The maximum absolute atomic E-state index is 5.88. The molecule has 4 nitrogen and oxygen atoms in total. The molecular formula is C11H11ClN4. The molecule has 0 bridgehead atoms. The van der Waals surface area contributed by atoms with Gasteiger partial charge in [0.15, 0.2) is 5.15 Å². The van der Waals surface area contributed by atoms with Crippen molar-refractivity contribution in [3.05, 3.63) is 41.6 Å². The minimum Gasteiger partial charge on any atom is -0.311 e. The average Bonchev–Trinajstić information content (AvgIpc) is 2.30. The largest absolute Gasteiger partial charge is 0.311 e. The van der Waals surface area contributed by atoms with Crippen LogP contribution in [0.25, 0.3) is 11.3 Å². The van der Waals surface area contributed by atoms with Gasteiger partial charge in [0.25, 0.3) is 0 Å². The van der Waals surface area contributed by atoms with Crippen LogP contribution in [0.5, 0.6) is 0 Å². The van der Waals surface area contributed by atoms with Crippen LogP contribution in [0.3, 0.4) is 0 Å². The number of nitrogens with zero attached hydrogens (tertiary/aromatic N) is 3. The van der Waals surface area contributed by atoms with Crippen LogP contribution in [0.1, 0.15) is 0 Å². The lowest BCUT2D eigenvalue weighted by molar-refractivity contribution is 0.969. The van der Waals surface area contributed by atoms with Crippen molar-refractivity contribution >= 4 is 17.3 Å². The molecule has 0 radical (unpaired) electrons. The molecule has 0 atom stereocenters. The predicted molar refractivity (Wildman–Crippen MR) is 65.1 cm³/mol. The van der Waals surface area contributed by atoms with E-state index in [9.17, 15) is 0 Å². The topological polar surface area (TPSA) is 55.0 Å². The molecule has 2 rings (SSSR count). The Morgan fingerprint density at radius 3 is 2.50 bits per heavy atom. The Hall–Kier alpha value is -1.65. The third-order valence-corrected chi connectivity index (χ3v) is 2.45. The maximum Gasteiger partial charge on any atom is 0.176 e. The fourth-order valence-corrected chi connectivity index (χ4v) is 1.59. The number of nitrogens with two attached hydrogens (primary N) is 1. The Morgan fingerprint density at radius 2 is 1.88 bits per heavy atom. The van der Waals surface area contributed by atoms with Gasteiger partial charge in [0, 0.05) is 12.6 Å². The van der Waals surface area contributed by atoms with Crippen molar-refractivity contribution in [3.63, 3.8) is 0 Å². The molecule has 5 heteroatoms. The van der Waals surface area contributed by atoms with Gasteiger partial charge in [-0.3, -0.25) is 0 Å². The summed E-state index contributed by atoms with van der Waals surface area (Å²) in [6, 6.07) is 11.6. The van der Waals surface area contributed by atoms with E-state index in [0.29, 0.717) is 10.8 Å². The summed E-state index contributed by atoms with van der Waals surface area (Å²) in [5.74, 6) is 5.64. The van der Waals surface area contributed by atoms with E-state index >= 15 is 0 Å². The second-order valence-electron chi connectivity index (χ2n) is 3.38. The van der Waals surface area contributed by atoms with E-state index in [1.807, 2.05) is 36.4 Å². The van der Waals surface area contributed by atoms with E-state index in [-0.39, 0.29) is 0 Å². The molecule has 0 aliphatic carbocycles. The van der Waals surface area contributed by atoms with Crippen molar-refractivity contribution in [2.24, 2.45) is 5.84 Å². The Bertz CT molecular complexity index is 485. The van der Waals surface area contributed by atoms with Gasteiger partial charge in [-0.2, -0.15) is 0 Å². The van der Waals surface area contributed by atoms with Crippen LogP contribution in [-0.4, -0.2) is 17.2 Å². The van der Waals surface area contributed by atoms with Crippen molar-refractivity contribution in [2.75, 3.05) is 12.1 Å². The van der Waals surface area contributed by atoms with Gasteiger partial charge in [0.05, 0.1) is 11.4 Å². The van der Waals surface area contributed by atoms with Crippen molar-refractivity contribution < 1.29 is 0 Å². The minimum atomic E-state index is 0.296. The van der Waals surface area contributed by atoms with E-state index in [4.69, 9.17) is 17.4 Å². The number of hydrogen-bond acceptors (Lipinski definition) is 4. The fourth-order valence-electron chi connectivity index (χ4n) is 1.36. The summed E-state index contributed by atoms with van der Waals surface area (Å²) in [7, 11) is 1.71. The highest BCUT2D eigenvalue weighted by molar-refractivity contribution is 6.32. The first-order chi connectivity index (χ1) is 7.68. The summed E-state index contributed by atoms with van der Waals surface area (Å²) in [5.41, 5.74) is 2.38. The number of aromatic nitrogens is 2. The molecule has 0 aliphatic rings. The molecule has 1 aromatic heterocycles. The summed E-state index contributed by atoms with van der Waals surface area (Å²) in [5, 5.41) is 9.61. The smallest absolute Gasteiger partial charge is 0.176 e. The second kappa shape index (κ2) is 4.47. The Morgan fingerprint density at radius 1 is 1.19 bits per heavy atom. The number of anilines is 1. The standard InChI is InChI=1S/C11H11ClN4/c1-16(13)10-7-9(14-15-11(10)12)8-5-3-2-4-6-8/h2-7H,13H2,1H3. The number of halogens is 1. The van der Waals surface area contributed by atoms with Gasteiger partial charge in [-0.1, -0.05) is 41.9 Å². The van der Waals surface area contributed by atoms with E-state index < -0.39 is 0 Å². The summed E-state index contributed by atoms with van der Waals surface area (Å²) >= 11 is 5.88. The Balaban J connectivity index is 2.48. The molecule has 2 aromatic rings. The SMILES string of the molecule is CN(N)c1cc(-c2ccccc2)nnc1Cl. The van der Waals surface area contributed by atoms with Gasteiger partial charge in [-0.05, 0) is 6.07 Å². The normalized spacial score (nSPS) is 10.2. The maximum atomic E-state index is 5.88. The molecule has 0 fully saturated rings. The fraction of sp³-hybridized carbons (Fsp3) is 0.0909. The molecule has 1 aromatic carbocycles. The van der Waals surface area contributed by atoms with E-state index in [1.54, 1.807) is 7.05 Å². The minimum absolute atomic E-state index is 0.296. The Kier molecular flexibility index (Phi) is 3.03.